The summed E-state index contributed by atoms with van der Waals surface area (Å²) in [6.07, 6.45) is 0. The van der Waals surface area contributed by atoms with Crippen molar-refractivity contribution in [1.29, 1.82) is 0 Å². The Balaban J connectivity index is 3.46. The number of carboxylic acids is 2. The normalized spacial score (nSPS) is 12.3. The van der Waals surface area contributed by atoms with Crippen molar-refractivity contribution in [2.45, 2.75) is 18.8 Å². The average Bonchev–Trinajstić information content (AvgIpc) is 2.27. The van der Waals surface area contributed by atoms with Gasteiger partial charge in [-0.15, -0.1) is 0 Å². The first-order chi connectivity index (χ1) is 8.49. The number of carbonyl (C=O) groups is 2. The molecule has 1 aromatic rings. The number of aryl methyl sites for hydroxylation is 1. The van der Waals surface area contributed by atoms with Crippen LogP contribution in [0.25, 0.3) is 0 Å². The molecule has 4 nitrogen and oxygen atoms in total. The Morgan fingerprint density at radius 3 is 1.47 bits per heavy atom. The van der Waals surface area contributed by atoms with E-state index in [1.54, 1.807) is 0 Å². The fourth-order valence-electron chi connectivity index (χ4n) is 1.39. The maximum atomic E-state index is 13.2. The number of aliphatic carboxylic acids is 2. The molecule has 8 heteroatoms. The molecule has 0 aromatic heterocycles. The Morgan fingerprint density at radius 2 is 1.21 bits per heavy atom. The zero-order valence-electron chi connectivity index (χ0n) is 9.45. The highest BCUT2D eigenvalue weighted by Crippen LogP contribution is 2.35. The van der Waals surface area contributed by atoms with E-state index >= 15 is 0 Å². The minimum atomic E-state index is -4.38. The van der Waals surface area contributed by atoms with Crippen LogP contribution in [-0.2, 0) is 21.4 Å². The highest BCUT2D eigenvalue weighted by atomic mass is 19.3. The first kappa shape index (κ1) is 14.9. The lowest BCUT2D eigenvalue weighted by Crippen LogP contribution is -2.29. The lowest BCUT2D eigenvalue weighted by Gasteiger charge is -2.17. The number of hydrogen-bond acceptors (Lipinski definition) is 2. The number of carboxylic acid groups (broad SMARTS) is 2. The molecule has 0 radical (unpaired) electrons. The van der Waals surface area contributed by atoms with Crippen LogP contribution in [0.1, 0.15) is 16.7 Å². The van der Waals surface area contributed by atoms with Crippen LogP contribution in [0.4, 0.5) is 17.6 Å². The third-order valence-electron chi connectivity index (χ3n) is 2.34. The van der Waals surface area contributed by atoms with Crippen LogP contribution in [0.2, 0.25) is 0 Å². The second-order valence-corrected chi connectivity index (χ2v) is 3.85. The predicted molar refractivity (Wildman–Crippen MR) is 54.2 cm³/mol. The number of benzene rings is 1. The molecular weight excluding hydrogens is 272 g/mol. The molecule has 0 aliphatic rings. The van der Waals surface area contributed by atoms with Gasteiger partial charge in [-0.3, -0.25) is 0 Å². The summed E-state index contributed by atoms with van der Waals surface area (Å²) in [4.78, 5) is 20.7. The highest BCUT2D eigenvalue weighted by Gasteiger charge is 2.45. The molecule has 1 aromatic carbocycles. The summed E-state index contributed by atoms with van der Waals surface area (Å²) in [6, 6.07) is 1.58. The standard InChI is InChI=1S/C11H8F4O4/c1-5-2-6(10(12,13)8(16)17)4-7(3-5)11(14,15)9(18)19/h2-4H,1H3,(H,16,17)(H,18,19). The Labute approximate surface area is 104 Å². The SMILES string of the molecule is Cc1cc(C(F)(F)C(=O)O)cc(C(F)(F)C(=O)O)c1. The van der Waals surface area contributed by atoms with Crippen LogP contribution >= 0.6 is 0 Å². The Bertz CT molecular complexity index is 495. The quantitative estimate of drug-likeness (QED) is 0.830. The molecule has 0 amide bonds. The molecule has 0 aliphatic carbocycles. The first-order valence-electron chi connectivity index (χ1n) is 4.84. The van der Waals surface area contributed by atoms with E-state index in [1.807, 2.05) is 0 Å². The third kappa shape index (κ3) is 2.67. The largest absolute Gasteiger partial charge is 0.477 e. The molecule has 19 heavy (non-hydrogen) atoms. The molecular formula is C11H8F4O4. The fourth-order valence-corrected chi connectivity index (χ4v) is 1.39. The lowest BCUT2D eigenvalue weighted by molar-refractivity contribution is -0.166. The number of halogens is 4. The third-order valence-corrected chi connectivity index (χ3v) is 2.34. The van der Waals surface area contributed by atoms with E-state index in [-0.39, 0.29) is 11.6 Å². The maximum absolute atomic E-state index is 13.2. The monoisotopic (exact) mass is 280 g/mol. The molecule has 0 unspecified atom stereocenters. The first-order valence-corrected chi connectivity index (χ1v) is 4.84. The van der Waals surface area contributed by atoms with Gasteiger partial charge in [0.15, 0.2) is 0 Å². The van der Waals surface area contributed by atoms with E-state index in [0.29, 0.717) is 12.1 Å². The van der Waals surface area contributed by atoms with Gasteiger partial charge < -0.3 is 10.2 Å². The van der Waals surface area contributed by atoms with Crippen LogP contribution in [0.3, 0.4) is 0 Å². The van der Waals surface area contributed by atoms with Crippen LogP contribution in [0.15, 0.2) is 18.2 Å². The lowest BCUT2D eigenvalue weighted by atomic mass is 9.98. The van der Waals surface area contributed by atoms with Crippen LogP contribution < -0.4 is 0 Å². The summed E-state index contributed by atoms with van der Waals surface area (Å²) < 4.78 is 52.9. The summed E-state index contributed by atoms with van der Waals surface area (Å²) in [6.45, 7) is 1.17. The molecule has 104 valence electrons. The zero-order chi connectivity index (χ0) is 15.0. The van der Waals surface area contributed by atoms with Gasteiger partial charge in [-0.05, 0) is 25.1 Å². The highest BCUT2D eigenvalue weighted by molar-refractivity contribution is 5.79. The van der Waals surface area contributed by atoms with Crippen molar-refractivity contribution in [2.75, 3.05) is 0 Å². The summed E-state index contributed by atoms with van der Waals surface area (Å²) >= 11 is 0. The Hall–Kier alpha value is -2.12. The number of rotatable bonds is 4. The van der Waals surface area contributed by atoms with E-state index in [0.717, 1.165) is 0 Å². The maximum Gasteiger partial charge on any atom is 0.379 e. The van der Waals surface area contributed by atoms with Crippen molar-refractivity contribution in [1.82, 2.24) is 0 Å². The van der Waals surface area contributed by atoms with Gasteiger partial charge >= 0.3 is 23.8 Å². The summed E-state index contributed by atoms with van der Waals surface area (Å²) in [5, 5.41) is 16.7. The molecule has 0 atom stereocenters. The second-order valence-electron chi connectivity index (χ2n) is 3.85. The molecule has 0 fully saturated rings. The van der Waals surface area contributed by atoms with Gasteiger partial charge in [-0.2, -0.15) is 17.6 Å². The smallest absolute Gasteiger partial charge is 0.379 e. The molecule has 0 aliphatic heterocycles. The van der Waals surface area contributed by atoms with E-state index in [2.05, 4.69) is 0 Å². The van der Waals surface area contributed by atoms with E-state index in [9.17, 15) is 27.2 Å². The minimum Gasteiger partial charge on any atom is -0.477 e. The Kier molecular flexibility index (Phi) is 3.56. The molecule has 0 saturated heterocycles. The molecule has 0 bridgehead atoms. The Morgan fingerprint density at radius 1 is 0.895 bits per heavy atom. The number of hydrogen-bond donors (Lipinski definition) is 2. The van der Waals surface area contributed by atoms with Gasteiger partial charge in [0.05, 0.1) is 0 Å². The van der Waals surface area contributed by atoms with Crippen molar-refractivity contribution in [3.63, 3.8) is 0 Å². The van der Waals surface area contributed by atoms with Gasteiger partial charge in [0.2, 0.25) is 0 Å². The van der Waals surface area contributed by atoms with E-state index in [4.69, 9.17) is 10.2 Å². The van der Waals surface area contributed by atoms with Gasteiger partial charge in [0, 0.05) is 11.1 Å². The molecule has 0 saturated carbocycles. The van der Waals surface area contributed by atoms with Crippen molar-refractivity contribution >= 4 is 11.9 Å². The summed E-state index contributed by atoms with van der Waals surface area (Å²) in [7, 11) is 0. The van der Waals surface area contributed by atoms with E-state index in [1.165, 1.54) is 6.92 Å². The van der Waals surface area contributed by atoms with Crippen LogP contribution in [-0.4, -0.2) is 22.2 Å². The molecule has 0 heterocycles. The van der Waals surface area contributed by atoms with Gasteiger partial charge in [-0.25, -0.2) is 9.59 Å². The minimum absolute atomic E-state index is 0.102. The van der Waals surface area contributed by atoms with Gasteiger partial charge in [-0.1, -0.05) is 5.56 Å². The van der Waals surface area contributed by atoms with Crippen molar-refractivity contribution < 1.29 is 37.4 Å². The molecule has 1 rings (SSSR count). The van der Waals surface area contributed by atoms with E-state index < -0.39 is 34.9 Å². The van der Waals surface area contributed by atoms with Crippen molar-refractivity contribution in [3.05, 3.63) is 34.9 Å². The summed E-state index contributed by atoms with van der Waals surface area (Å²) in [5.74, 6) is -13.8. The second kappa shape index (κ2) is 4.52. The van der Waals surface area contributed by atoms with Crippen molar-refractivity contribution in [3.8, 4) is 0 Å². The molecule has 0 spiro atoms. The zero-order valence-corrected chi connectivity index (χ0v) is 9.45. The average molecular weight is 280 g/mol. The fraction of sp³-hybridized carbons (Fsp3) is 0.273. The topological polar surface area (TPSA) is 74.6 Å². The van der Waals surface area contributed by atoms with Gasteiger partial charge in [0.25, 0.3) is 0 Å². The van der Waals surface area contributed by atoms with Gasteiger partial charge in [0.1, 0.15) is 0 Å². The van der Waals surface area contributed by atoms with Crippen molar-refractivity contribution in [2.24, 2.45) is 0 Å². The van der Waals surface area contributed by atoms with Crippen LogP contribution in [0.5, 0.6) is 0 Å². The number of alkyl halides is 4. The summed E-state index contributed by atoms with van der Waals surface area (Å²) in [5.41, 5.74) is -2.50. The predicted octanol–water partition coefficient (Wildman–Crippen LogP) is 2.35. The van der Waals surface area contributed by atoms with Crippen LogP contribution in [0, 0.1) is 6.92 Å². The molecule has 2 N–H and O–H groups in total.